The molecule has 5 nitrogen and oxygen atoms in total. The normalized spacial score (nSPS) is 35.3. The summed E-state index contributed by atoms with van der Waals surface area (Å²) in [6.07, 6.45) is 11.1. The monoisotopic (exact) mass is 303 g/mol. The highest BCUT2D eigenvalue weighted by Gasteiger charge is 2.36. The highest BCUT2D eigenvalue weighted by atomic mass is 15.2. The van der Waals surface area contributed by atoms with Crippen LogP contribution >= 0.6 is 0 Å². The van der Waals surface area contributed by atoms with Gasteiger partial charge in [-0.3, -0.25) is 0 Å². The number of nitrogens with zero attached hydrogens (tertiary/aromatic N) is 2. The Kier molecular flexibility index (Phi) is 4.71. The first-order chi connectivity index (χ1) is 10.7. The second-order valence-corrected chi connectivity index (χ2v) is 7.02. The van der Waals surface area contributed by atoms with E-state index in [1.165, 1.54) is 38.3 Å². The van der Waals surface area contributed by atoms with Crippen molar-refractivity contribution >= 4 is 5.84 Å². The number of aliphatic imine (C=N–C) groups is 1. The summed E-state index contributed by atoms with van der Waals surface area (Å²) in [5.74, 6) is 3.54. The average Bonchev–Trinajstić information content (AvgIpc) is 2.88. The molecule has 0 bridgehead atoms. The number of nitrogens with one attached hydrogen (secondary N) is 1. The molecule has 22 heavy (non-hydrogen) atoms. The summed E-state index contributed by atoms with van der Waals surface area (Å²) in [4.78, 5) is 6.84. The molecule has 5 heteroatoms. The van der Waals surface area contributed by atoms with Gasteiger partial charge in [0.15, 0.2) is 0 Å². The summed E-state index contributed by atoms with van der Waals surface area (Å²) in [6, 6.07) is 0.758. The molecule has 0 aromatic heterocycles. The fourth-order valence-corrected chi connectivity index (χ4v) is 4.06. The molecule has 1 heterocycles. The molecule has 0 aromatic rings. The number of hydrogen-bond donors (Lipinski definition) is 3. The molecule has 3 aliphatic rings. The second-order valence-electron chi connectivity index (χ2n) is 7.02. The van der Waals surface area contributed by atoms with Crippen LogP contribution < -0.4 is 16.8 Å². The molecule has 0 aromatic carbocycles. The van der Waals surface area contributed by atoms with Gasteiger partial charge in [-0.15, -0.1) is 0 Å². The molecular weight excluding hydrogens is 274 g/mol. The van der Waals surface area contributed by atoms with Crippen LogP contribution in [0, 0.1) is 11.8 Å². The molecule has 2 saturated carbocycles. The molecule has 0 amide bonds. The van der Waals surface area contributed by atoms with Crippen molar-refractivity contribution in [2.45, 2.75) is 50.6 Å². The van der Waals surface area contributed by atoms with E-state index in [2.05, 4.69) is 21.8 Å². The van der Waals surface area contributed by atoms with E-state index < -0.39 is 0 Å². The molecule has 2 aliphatic carbocycles. The first-order valence-electron chi connectivity index (χ1n) is 8.58. The number of hydrogen-bond acceptors (Lipinski definition) is 4. The minimum Gasteiger partial charge on any atom is -0.404 e. The molecule has 3 rings (SSSR count). The molecule has 4 atom stereocenters. The summed E-state index contributed by atoms with van der Waals surface area (Å²) in [7, 11) is 0. The smallest absolute Gasteiger partial charge is 0.132 e. The largest absolute Gasteiger partial charge is 0.404 e. The number of likely N-dealkylation sites (tertiary alicyclic amines) is 1. The lowest BCUT2D eigenvalue weighted by Gasteiger charge is -2.44. The first-order valence-corrected chi connectivity index (χ1v) is 8.58. The van der Waals surface area contributed by atoms with Gasteiger partial charge in [-0.2, -0.15) is 0 Å². The van der Waals surface area contributed by atoms with Crippen LogP contribution in [0.2, 0.25) is 0 Å². The predicted molar refractivity (Wildman–Crippen MR) is 91.1 cm³/mol. The van der Waals surface area contributed by atoms with Crippen molar-refractivity contribution in [2.24, 2.45) is 28.3 Å². The summed E-state index contributed by atoms with van der Waals surface area (Å²) < 4.78 is 0. The van der Waals surface area contributed by atoms with E-state index >= 15 is 0 Å². The van der Waals surface area contributed by atoms with Crippen molar-refractivity contribution in [2.75, 3.05) is 13.1 Å². The SMILES string of the molecule is C=C(N=C(/C=C\N)N1CC[C@H](N)C1)NC1CCC2CCC2C1. The zero-order valence-corrected chi connectivity index (χ0v) is 13.4. The molecule has 1 saturated heterocycles. The van der Waals surface area contributed by atoms with Crippen LogP contribution in [0.25, 0.3) is 0 Å². The average molecular weight is 303 g/mol. The lowest BCUT2D eigenvalue weighted by atomic mass is 9.64. The van der Waals surface area contributed by atoms with Gasteiger partial charge in [0.05, 0.1) is 0 Å². The molecule has 0 spiro atoms. The number of amidine groups is 1. The maximum absolute atomic E-state index is 5.98. The lowest BCUT2D eigenvalue weighted by Crippen LogP contribution is -2.41. The van der Waals surface area contributed by atoms with E-state index in [4.69, 9.17) is 11.5 Å². The van der Waals surface area contributed by atoms with Crippen molar-refractivity contribution in [3.63, 3.8) is 0 Å². The third-order valence-electron chi connectivity index (χ3n) is 5.46. The van der Waals surface area contributed by atoms with Gasteiger partial charge in [0.25, 0.3) is 0 Å². The van der Waals surface area contributed by atoms with Crippen molar-refractivity contribution < 1.29 is 0 Å². The van der Waals surface area contributed by atoms with Crippen LogP contribution in [0.3, 0.4) is 0 Å². The Balaban J connectivity index is 1.57. The van der Waals surface area contributed by atoms with Gasteiger partial charge in [0.1, 0.15) is 11.7 Å². The van der Waals surface area contributed by atoms with Crippen LogP contribution in [0.5, 0.6) is 0 Å². The number of nitrogens with two attached hydrogens (primary N) is 2. The van der Waals surface area contributed by atoms with Gasteiger partial charge in [0, 0.05) is 25.2 Å². The van der Waals surface area contributed by atoms with Crippen LogP contribution in [0.15, 0.2) is 29.7 Å². The molecule has 3 unspecified atom stereocenters. The third kappa shape index (κ3) is 3.46. The molecular formula is C17H29N5. The van der Waals surface area contributed by atoms with Gasteiger partial charge in [0.2, 0.25) is 0 Å². The van der Waals surface area contributed by atoms with Crippen molar-refractivity contribution in [3.05, 3.63) is 24.7 Å². The Hall–Kier alpha value is -1.49. The van der Waals surface area contributed by atoms with Crippen molar-refractivity contribution in [1.82, 2.24) is 10.2 Å². The Morgan fingerprint density at radius 2 is 1.95 bits per heavy atom. The Morgan fingerprint density at radius 3 is 2.55 bits per heavy atom. The van der Waals surface area contributed by atoms with Gasteiger partial charge < -0.3 is 21.7 Å². The highest BCUT2D eigenvalue weighted by Crippen LogP contribution is 2.44. The highest BCUT2D eigenvalue weighted by molar-refractivity contribution is 5.93. The van der Waals surface area contributed by atoms with E-state index in [1.807, 2.05) is 6.08 Å². The summed E-state index contributed by atoms with van der Waals surface area (Å²) in [5.41, 5.74) is 11.5. The van der Waals surface area contributed by atoms with Crippen LogP contribution in [-0.4, -0.2) is 35.9 Å². The van der Waals surface area contributed by atoms with E-state index in [-0.39, 0.29) is 6.04 Å². The summed E-state index contributed by atoms with van der Waals surface area (Å²) in [6.45, 7) is 5.86. The molecule has 122 valence electrons. The Bertz CT molecular complexity index is 470. The second kappa shape index (κ2) is 6.73. The first kappa shape index (κ1) is 15.4. The minimum absolute atomic E-state index is 0.228. The molecule has 5 N–H and O–H groups in total. The van der Waals surface area contributed by atoms with Crippen molar-refractivity contribution in [1.29, 1.82) is 0 Å². The maximum atomic E-state index is 5.98. The molecule has 1 aliphatic heterocycles. The van der Waals surface area contributed by atoms with E-state index in [9.17, 15) is 0 Å². The summed E-state index contributed by atoms with van der Waals surface area (Å²) >= 11 is 0. The molecule has 3 fully saturated rings. The maximum Gasteiger partial charge on any atom is 0.132 e. The summed E-state index contributed by atoms with van der Waals surface area (Å²) in [5, 5.41) is 3.51. The number of rotatable bonds is 4. The van der Waals surface area contributed by atoms with Crippen molar-refractivity contribution in [3.8, 4) is 0 Å². The standard InChI is InChI=1S/C17H29N5/c1-12(20-16-5-4-13-2-3-14(13)10-16)21-17(6-8-18)22-9-7-15(19)11-22/h6,8,13-16,20H,1-5,7,9-11,18-19H2/b8-6-,21-17?/t13?,14?,15-,16?/m0/s1. The zero-order valence-electron chi connectivity index (χ0n) is 13.4. The predicted octanol–water partition coefficient (Wildman–Crippen LogP) is 1.53. The van der Waals surface area contributed by atoms with Crippen LogP contribution in [-0.2, 0) is 0 Å². The van der Waals surface area contributed by atoms with Gasteiger partial charge in [-0.1, -0.05) is 6.58 Å². The van der Waals surface area contributed by atoms with Gasteiger partial charge in [-0.05, 0) is 62.6 Å². The van der Waals surface area contributed by atoms with Gasteiger partial charge >= 0.3 is 0 Å². The van der Waals surface area contributed by atoms with E-state index in [1.54, 1.807) is 0 Å². The van der Waals surface area contributed by atoms with E-state index in [0.29, 0.717) is 6.04 Å². The molecule has 0 radical (unpaired) electrons. The zero-order chi connectivity index (χ0) is 15.5. The lowest BCUT2D eigenvalue weighted by molar-refractivity contribution is 0.0956. The fraction of sp³-hybridized carbons (Fsp3) is 0.706. The fourth-order valence-electron chi connectivity index (χ4n) is 4.06. The Labute approximate surface area is 133 Å². The number of fused-ring (bicyclic) bond motifs is 1. The topological polar surface area (TPSA) is 79.7 Å². The quantitative estimate of drug-likeness (QED) is 0.543. The minimum atomic E-state index is 0.228. The van der Waals surface area contributed by atoms with Gasteiger partial charge in [-0.25, -0.2) is 4.99 Å². The Morgan fingerprint density at radius 1 is 1.18 bits per heavy atom. The van der Waals surface area contributed by atoms with Crippen LogP contribution in [0.1, 0.15) is 38.5 Å². The third-order valence-corrected chi connectivity index (χ3v) is 5.46. The van der Waals surface area contributed by atoms with Crippen LogP contribution in [0.4, 0.5) is 0 Å². The van der Waals surface area contributed by atoms with E-state index in [0.717, 1.165) is 43.0 Å².